The second-order valence-electron chi connectivity index (χ2n) is 4.66. The van der Waals surface area contributed by atoms with Crippen molar-refractivity contribution in [3.8, 4) is 5.75 Å². The molecule has 0 spiro atoms. The zero-order valence-corrected chi connectivity index (χ0v) is 12.0. The number of rotatable bonds is 8. The Hall–Kier alpha value is -1.61. The lowest BCUT2D eigenvalue weighted by molar-refractivity contribution is -0.117. The average Bonchev–Trinajstić information content (AvgIpc) is 2.41. The molecule has 0 fully saturated rings. The first kappa shape index (κ1) is 15.4. The molecule has 0 aliphatic rings. The predicted octanol–water partition coefficient (Wildman–Crippen LogP) is 2.91. The van der Waals surface area contributed by atoms with Gasteiger partial charge >= 0.3 is 0 Å². The highest BCUT2D eigenvalue weighted by atomic mass is 16.5. The molecule has 0 bridgehead atoms. The minimum atomic E-state index is 0.0378. The van der Waals surface area contributed by atoms with Crippen LogP contribution in [0.4, 0.5) is 0 Å². The Morgan fingerprint density at radius 2 is 2.21 bits per heavy atom. The zero-order valence-electron chi connectivity index (χ0n) is 12.0. The molecule has 104 valence electrons. The minimum Gasteiger partial charge on any atom is -0.492 e. The van der Waals surface area contributed by atoms with Crippen molar-refractivity contribution in [3.63, 3.8) is 0 Å². The Balaban J connectivity index is 2.54. The van der Waals surface area contributed by atoms with Crippen LogP contribution in [-0.2, 0) is 4.79 Å². The number of nitrogens with one attached hydrogen (secondary N) is 1. The van der Waals surface area contributed by atoms with E-state index in [1.807, 2.05) is 44.2 Å². The Kier molecular flexibility index (Phi) is 6.90. The van der Waals surface area contributed by atoms with E-state index in [0.717, 1.165) is 24.4 Å². The molecule has 0 heterocycles. The van der Waals surface area contributed by atoms with Crippen molar-refractivity contribution in [1.82, 2.24) is 5.32 Å². The average molecular weight is 261 g/mol. The monoisotopic (exact) mass is 261 g/mol. The summed E-state index contributed by atoms with van der Waals surface area (Å²) >= 11 is 0. The SMILES string of the molecule is CCNCCOc1cccc(/C=C/C(=O)C(C)C)c1. The maximum atomic E-state index is 11.5. The third-order valence-corrected chi connectivity index (χ3v) is 2.66. The second kappa shape index (κ2) is 8.48. The summed E-state index contributed by atoms with van der Waals surface area (Å²) in [5.74, 6) is 1.01. The summed E-state index contributed by atoms with van der Waals surface area (Å²) in [6, 6.07) is 7.76. The van der Waals surface area contributed by atoms with Crippen LogP contribution in [0.1, 0.15) is 26.3 Å². The van der Waals surface area contributed by atoms with Crippen molar-refractivity contribution in [2.75, 3.05) is 19.7 Å². The number of ether oxygens (including phenoxy) is 1. The van der Waals surface area contributed by atoms with Gasteiger partial charge in [-0.15, -0.1) is 0 Å². The molecule has 1 aromatic rings. The maximum absolute atomic E-state index is 11.5. The molecule has 3 nitrogen and oxygen atoms in total. The fraction of sp³-hybridized carbons (Fsp3) is 0.438. The fourth-order valence-electron chi connectivity index (χ4n) is 1.50. The van der Waals surface area contributed by atoms with E-state index in [2.05, 4.69) is 12.2 Å². The van der Waals surface area contributed by atoms with E-state index in [4.69, 9.17) is 4.74 Å². The smallest absolute Gasteiger partial charge is 0.158 e. The van der Waals surface area contributed by atoms with Gasteiger partial charge in [0.05, 0.1) is 0 Å². The second-order valence-corrected chi connectivity index (χ2v) is 4.66. The Morgan fingerprint density at radius 1 is 1.42 bits per heavy atom. The lowest BCUT2D eigenvalue weighted by Crippen LogP contribution is -2.20. The van der Waals surface area contributed by atoms with Crippen LogP contribution in [-0.4, -0.2) is 25.5 Å². The van der Waals surface area contributed by atoms with Gasteiger partial charge in [-0.05, 0) is 30.3 Å². The predicted molar refractivity (Wildman–Crippen MR) is 79.4 cm³/mol. The maximum Gasteiger partial charge on any atom is 0.158 e. The molecule has 1 rings (SSSR count). The standard InChI is InChI=1S/C16H23NO2/c1-4-17-10-11-19-15-7-5-6-14(12-15)8-9-16(18)13(2)3/h5-9,12-13,17H,4,10-11H2,1-3H3/b9-8+. The van der Waals surface area contributed by atoms with Crippen LogP contribution in [0.5, 0.6) is 5.75 Å². The van der Waals surface area contributed by atoms with Crippen LogP contribution in [0, 0.1) is 5.92 Å². The van der Waals surface area contributed by atoms with Gasteiger partial charge in [0.15, 0.2) is 5.78 Å². The molecule has 0 aliphatic carbocycles. The number of carbonyl (C=O) groups excluding carboxylic acids is 1. The van der Waals surface area contributed by atoms with Gasteiger partial charge in [0.1, 0.15) is 12.4 Å². The Morgan fingerprint density at radius 3 is 2.89 bits per heavy atom. The lowest BCUT2D eigenvalue weighted by atomic mass is 10.1. The number of hydrogen-bond donors (Lipinski definition) is 1. The summed E-state index contributed by atoms with van der Waals surface area (Å²) in [4.78, 5) is 11.5. The number of hydrogen-bond acceptors (Lipinski definition) is 3. The molecular weight excluding hydrogens is 238 g/mol. The van der Waals surface area contributed by atoms with E-state index in [1.165, 1.54) is 0 Å². The Bertz CT molecular complexity index is 425. The molecular formula is C16H23NO2. The number of likely N-dealkylation sites (N-methyl/N-ethyl adjacent to an activating group) is 1. The van der Waals surface area contributed by atoms with E-state index in [0.29, 0.717) is 6.61 Å². The molecule has 3 heteroatoms. The summed E-state index contributed by atoms with van der Waals surface area (Å²) in [6.07, 6.45) is 3.46. The quantitative estimate of drug-likeness (QED) is 0.577. The number of ketones is 1. The largest absolute Gasteiger partial charge is 0.492 e. The van der Waals surface area contributed by atoms with Gasteiger partial charge in [-0.1, -0.05) is 39.0 Å². The van der Waals surface area contributed by atoms with Gasteiger partial charge < -0.3 is 10.1 Å². The number of allylic oxidation sites excluding steroid dienone is 1. The van der Waals surface area contributed by atoms with E-state index in [1.54, 1.807) is 6.08 Å². The molecule has 0 radical (unpaired) electrons. The summed E-state index contributed by atoms with van der Waals surface area (Å²) in [5.41, 5.74) is 0.981. The topological polar surface area (TPSA) is 38.3 Å². The third-order valence-electron chi connectivity index (χ3n) is 2.66. The van der Waals surface area contributed by atoms with Crippen LogP contribution >= 0.6 is 0 Å². The Labute approximate surface area is 115 Å². The highest BCUT2D eigenvalue weighted by Gasteiger charge is 2.01. The molecule has 0 aromatic heterocycles. The van der Waals surface area contributed by atoms with Gasteiger partial charge in [0.2, 0.25) is 0 Å². The molecule has 19 heavy (non-hydrogen) atoms. The normalized spacial score (nSPS) is 11.2. The zero-order chi connectivity index (χ0) is 14.1. The molecule has 1 aromatic carbocycles. The molecule has 0 saturated heterocycles. The van der Waals surface area contributed by atoms with Gasteiger partial charge in [0.25, 0.3) is 0 Å². The molecule has 0 atom stereocenters. The fourth-order valence-corrected chi connectivity index (χ4v) is 1.50. The van der Waals surface area contributed by atoms with Gasteiger partial charge in [-0.25, -0.2) is 0 Å². The highest BCUT2D eigenvalue weighted by Crippen LogP contribution is 2.14. The lowest BCUT2D eigenvalue weighted by Gasteiger charge is -2.07. The highest BCUT2D eigenvalue weighted by molar-refractivity contribution is 5.94. The molecule has 0 aliphatic heterocycles. The number of carbonyl (C=O) groups is 1. The van der Waals surface area contributed by atoms with Crippen LogP contribution in [0.15, 0.2) is 30.3 Å². The van der Waals surface area contributed by atoms with Crippen molar-refractivity contribution >= 4 is 11.9 Å². The van der Waals surface area contributed by atoms with E-state index in [9.17, 15) is 4.79 Å². The third kappa shape index (κ3) is 6.20. The van der Waals surface area contributed by atoms with Crippen LogP contribution in [0.2, 0.25) is 0 Å². The number of benzene rings is 1. The molecule has 0 saturated carbocycles. The summed E-state index contributed by atoms with van der Waals surface area (Å²) in [5, 5.41) is 3.20. The first-order valence-electron chi connectivity index (χ1n) is 6.79. The van der Waals surface area contributed by atoms with Crippen molar-refractivity contribution in [2.45, 2.75) is 20.8 Å². The summed E-state index contributed by atoms with van der Waals surface area (Å²) in [7, 11) is 0. The summed E-state index contributed by atoms with van der Waals surface area (Å²) in [6.45, 7) is 8.29. The van der Waals surface area contributed by atoms with Gasteiger partial charge in [-0.2, -0.15) is 0 Å². The van der Waals surface area contributed by atoms with Crippen molar-refractivity contribution in [1.29, 1.82) is 0 Å². The van der Waals surface area contributed by atoms with E-state index in [-0.39, 0.29) is 11.7 Å². The first-order chi connectivity index (χ1) is 9.13. The first-order valence-corrected chi connectivity index (χ1v) is 6.79. The summed E-state index contributed by atoms with van der Waals surface area (Å²) < 4.78 is 5.62. The van der Waals surface area contributed by atoms with Gasteiger partial charge in [0, 0.05) is 12.5 Å². The molecule has 0 unspecified atom stereocenters. The van der Waals surface area contributed by atoms with Crippen molar-refractivity contribution in [2.24, 2.45) is 5.92 Å². The van der Waals surface area contributed by atoms with Crippen molar-refractivity contribution in [3.05, 3.63) is 35.9 Å². The molecule has 0 amide bonds. The van der Waals surface area contributed by atoms with Crippen molar-refractivity contribution < 1.29 is 9.53 Å². The van der Waals surface area contributed by atoms with Crippen LogP contribution in [0.3, 0.4) is 0 Å². The molecule has 1 N–H and O–H groups in total. The minimum absolute atomic E-state index is 0.0378. The van der Waals surface area contributed by atoms with E-state index >= 15 is 0 Å². The van der Waals surface area contributed by atoms with Crippen LogP contribution in [0.25, 0.3) is 6.08 Å². The van der Waals surface area contributed by atoms with Crippen LogP contribution < -0.4 is 10.1 Å². The van der Waals surface area contributed by atoms with Gasteiger partial charge in [-0.3, -0.25) is 4.79 Å². The van der Waals surface area contributed by atoms with E-state index < -0.39 is 0 Å².